The maximum absolute atomic E-state index is 15.2. The Bertz CT molecular complexity index is 1640. The van der Waals surface area contributed by atoms with Gasteiger partial charge in [-0.05, 0) is 43.5 Å². The summed E-state index contributed by atoms with van der Waals surface area (Å²) < 4.78 is 17.1. The third-order valence-corrected chi connectivity index (χ3v) is 7.31. The Balaban J connectivity index is 1.34. The predicted octanol–water partition coefficient (Wildman–Crippen LogP) is 3.50. The molecule has 0 radical (unpaired) electrons. The molecule has 0 saturated carbocycles. The Morgan fingerprint density at radius 3 is 2.84 bits per heavy atom. The highest BCUT2D eigenvalue weighted by atomic mass is 19.1. The molecule has 2 fully saturated rings. The Hall–Kier alpha value is -4.85. The molecule has 2 amide bonds. The molecule has 1 aromatic carbocycles. The fraction of sp³-hybridized carbons (Fsp3) is 0.259. The van der Waals surface area contributed by atoms with E-state index in [0.717, 1.165) is 25.1 Å². The van der Waals surface area contributed by atoms with E-state index in [1.54, 1.807) is 18.5 Å². The number of fused-ring (bicyclic) bond motifs is 2. The molecule has 11 heteroatoms. The fourth-order valence-electron chi connectivity index (χ4n) is 5.45. The average molecular weight is 511 g/mol. The topological polar surface area (TPSA) is 142 Å². The molecule has 5 heterocycles. The van der Waals surface area contributed by atoms with E-state index < -0.39 is 11.7 Å². The number of nitrogens with two attached hydrogens (primary N) is 1. The lowest BCUT2D eigenvalue weighted by atomic mass is 9.92. The molecule has 6 rings (SSSR count). The van der Waals surface area contributed by atoms with Gasteiger partial charge in [0.05, 0.1) is 17.2 Å². The smallest absolute Gasteiger partial charge is 0.259 e. The van der Waals surface area contributed by atoms with Gasteiger partial charge in [-0.3, -0.25) is 14.0 Å². The van der Waals surface area contributed by atoms with Gasteiger partial charge in [0.1, 0.15) is 34.5 Å². The highest BCUT2D eigenvalue weighted by molar-refractivity contribution is 6.04. The number of piperidine rings is 1. The van der Waals surface area contributed by atoms with Gasteiger partial charge in [0.15, 0.2) is 0 Å². The third-order valence-electron chi connectivity index (χ3n) is 7.31. The molecule has 2 saturated heterocycles. The molecule has 3 N–H and O–H groups in total. The van der Waals surface area contributed by atoms with Crippen molar-refractivity contribution in [2.24, 2.45) is 0 Å². The van der Waals surface area contributed by atoms with E-state index in [9.17, 15) is 9.59 Å². The number of hydrogen-bond acceptors (Lipinski definition) is 7. The highest BCUT2D eigenvalue weighted by Gasteiger charge is 2.38. The van der Waals surface area contributed by atoms with Crippen molar-refractivity contribution in [3.63, 3.8) is 0 Å². The number of nitrogen functional groups attached to an aromatic ring is 1. The minimum absolute atomic E-state index is 0.00271. The molecule has 3 aromatic heterocycles. The number of carbonyl (C=O) groups excluding carboxylic acids is 2. The molecule has 2 aliphatic heterocycles. The number of pyridine rings is 1. The van der Waals surface area contributed by atoms with E-state index in [1.165, 1.54) is 30.5 Å². The van der Waals surface area contributed by atoms with Crippen molar-refractivity contribution in [1.29, 1.82) is 5.26 Å². The second-order valence-corrected chi connectivity index (χ2v) is 9.55. The Morgan fingerprint density at radius 1 is 1.16 bits per heavy atom. The van der Waals surface area contributed by atoms with Gasteiger partial charge in [0.25, 0.3) is 5.91 Å². The summed E-state index contributed by atoms with van der Waals surface area (Å²) in [6.45, 7) is 0.582. The molecule has 38 heavy (non-hydrogen) atoms. The van der Waals surface area contributed by atoms with Crippen LogP contribution in [0, 0.1) is 17.1 Å². The SMILES string of the molecule is N#Cc1ccnc(NC(=O)c2ccc(-c3nc(C4CCC5CCC(=O)N5C4)n4ccnc(N)c34)cc2F)c1. The zero-order valence-electron chi connectivity index (χ0n) is 20.3. The number of hydrogen-bond donors (Lipinski definition) is 2. The van der Waals surface area contributed by atoms with E-state index in [1.807, 2.05) is 15.4 Å². The van der Waals surface area contributed by atoms with Crippen LogP contribution in [-0.4, -0.2) is 48.7 Å². The van der Waals surface area contributed by atoms with Gasteiger partial charge < -0.3 is 16.0 Å². The quantitative estimate of drug-likeness (QED) is 0.428. The summed E-state index contributed by atoms with van der Waals surface area (Å²) in [6.07, 6.45) is 8.02. The first-order chi connectivity index (χ1) is 18.4. The maximum Gasteiger partial charge on any atom is 0.259 e. The molecule has 10 nitrogen and oxygen atoms in total. The summed E-state index contributed by atoms with van der Waals surface area (Å²) in [5.74, 6) is -0.126. The predicted molar refractivity (Wildman–Crippen MR) is 136 cm³/mol. The molecule has 0 spiro atoms. The van der Waals surface area contributed by atoms with Crippen LogP contribution in [0.15, 0.2) is 48.9 Å². The number of nitrogens with one attached hydrogen (secondary N) is 1. The van der Waals surface area contributed by atoms with Crippen molar-refractivity contribution in [3.8, 4) is 17.3 Å². The van der Waals surface area contributed by atoms with Crippen LogP contribution in [0.5, 0.6) is 0 Å². The van der Waals surface area contributed by atoms with Crippen LogP contribution < -0.4 is 11.1 Å². The largest absolute Gasteiger partial charge is 0.382 e. The number of nitrogens with zero attached hydrogens (tertiary/aromatic N) is 6. The summed E-state index contributed by atoms with van der Waals surface area (Å²) in [4.78, 5) is 40.1. The zero-order chi connectivity index (χ0) is 26.4. The molecule has 2 aliphatic rings. The van der Waals surface area contributed by atoms with E-state index in [2.05, 4.69) is 15.3 Å². The first-order valence-electron chi connectivity index (χ1n) is 12.3. The second-order valence-electron chi connectivity index (χ2n) is 9.55. The summed E-state index contributed by atoms with van der Waals surface area (Å²) in [5.41, 5.74) is 7.83. The summed E-state index contributed by atoms with van der Waals surface area (Å²) in [6, 6.07) is 9.39. The van der Waals surface area contributed by atoms with E-state index >= 15 is 4.39 Å². The Morgan fingerprint density at radius 2 is 2.03 bits per heavy atom. The van der Waals surface area contributed by atoms with Crippen LogP contribution in [0.2, 0.25) is 0 Å². The number of anilines is 2. The average Bonchev–Trinajstić information content (AvgIpc) is 3.50. The van der Waals surface area contributed by atoms with Crippen molar-refractivity contribution in [3.05, 3.63) is 71.7 Å². The minimum Gasteiger partial charge on any atom is -0.382 e. The van der Waals surface area contributed by atoms with Gasteiger partial charge >= 0.3 is 0 Å². The summed E-state index contributed by atoms with van der Waals surface area (Å²) in [7, 11) is 0. The van der Waals surface area contributed by atoms with Crippen LogP contribution in [0.25, 0.3) is 16.8 Å². The van der Waals surface area contributed by atoms with Crippen molar-refractivity contribution in [2.45, 2.75) is 37.6 Å². The van der Waals surface area contributed by atoms with Crippen molar-refractivity contribution in [2.75, 3.05) is 17.6 Å². The lowest BCUT2D eigenvalue weighted by molar-refractivity contribution is -0.130. The van der Waals surface area contributed by atoms with Crippen molar-refractivity contribution >= 4 is 29.0 Å². The van der Waals surface area contributed by atoms with Crippen LogP contribution in [0.4, 0.5) is 16.0 Å². The van der Waals surface area contributed by atoms with Crippen LogP contribution in [-0.2, 0) is 4.79 Å². The zero-order valence-corrected chi connectivity index (χ0v) is 20.3. The molecule has 0 aliphatic carbocycles. The van der Waals surface area contributed by atoms with E-state index in [4.69, 9.17) is 16.0 Å². The molecular formula is C27H23FN8O2. The van der Waals surface area contributed by atoms with Gasteiger partial charge in [-0.15, -0.1) is 0 Å². The molecule has 4 aromatic rings. The van der Waals surface area contributed by atoms with Gasteiger partial charge in [-0.25, -0.2) is 19.3 Å². The van der Waals surface area contributed by atoms with Gasteiger partial charge in [-0.1, -0.05) is 6.07 Å². The molecular weight excluding hydrogens is 487 g/mol. The fourth-order valence-corrected chi connectivity index (χ4v) is 5.45. The number of benzene rings is 1. The minimum atomic E-state index is -0.746. The normalized spacial score (nSPS) is 18.8. The first kappa shape index (κ1) is 23.5. The van der Waals surface area contributed by atoms with Gasteiger partial charge in [0.2, 0.25) is 5.91 Å². The number of nitriles is 1. The second kappa shape index (κ2) is 9.23. The number of halogens is 1. The number of rotatable bonds is 4. The Labute approximate surface area is 216 Å². The highest BCUT2D eigenvalue weighted by Crippen LogP contribution is 2.38. The molecule has 190 valence electrons. The van der Waals surface area contributed by atoms with E-state index in [-0.39, 0.29) is 29.0 Å². The Kier molecular flexibility index (Phi) is 5.72. The van der Waals surface area contributed by atoms with Crippen LogP contribution >= 0.6 is 0 Å². The maximum atomic E-state index is 15.2. The molecule has 2 atom stereocenters. The molecule has 0 bridgehead atoms. The van der Waals surface area contributed by atoms with Gasteiger partial charge in [-0.2, -0.15) is 5.26 Å². The number of amides is 2. The lowest BCUT2D eigenvalue weighted by Gasteiger charge is -2.34. The first-order valence-corrected chi connectivity index (χ1v) is 12.3. The standard InChI is InChI=1S/C27H23FN8O2/c28-20-12-16(2-5-19(20)27(38)33-21-11-15(13-29)7-8-31-21)23-24-25(30)32-9-10-35(24)26(34-23)17-1-3-18-4-6-22(37)36(18)14-17/h2,5,7-12,17-18H,1,3-4,6,14H2,(H2,30,32)(H,31,33,38). The monoisotopic (exact) mass is 510 g/mol. The van der Waals surface area contributed by atoms with Crippen molar-refractivity contribution in [1.82, 2.24) is 24.3 Å². The lowest BCUT2D eigenvalue weighted by Crippen LogP contribution is -2.41. The summed E-state index contributed by atoms with van der Waals surface area (Å²) >= 11 is 0. The summed E-state index contributed by atoms with van der Waals surface area (Å²) in [5, 5.41) is 11.6. The van der Waals surface area contributed by atoms with E-state index in [0.29, 0.717) is 41.3 Å². The number of imidazole rings is 1. The van der Waals surface area contributed by atoms with Crippen LogP contribution in [0.1, 0.15) is 53.3 Å². The molecule has 2 unspecified atom stereocenters. The van der Waals surface area contributed by atoms with Crippen molar-refractivity contribution < 1.29 is 14.0 Å². The number of aromatic nitrogens is 4. The van der Waals surface area contributed by atoms with Gasteiger partial charge in [0, 0.05) is 49.1 Å². The number of carbonyl (C=O) groups is 2. The van der Waals surface area contributed by atoms with Crippen LogP contribution in [0.3, 0.4) is 0 Å². The third kappa shape index (κ3) is 4.00.